The molecule has 3 heterocycles. The first-order valence-corrected chi connectivity index (χ1v) is 12.1. The Balaban J connectivity index is 1.28. The molecular weight excluding hydrogens is 483 g/mol. The number of amides is 2. The highest BCUT2D eigenvalue weighted by Crippen LogP contribution is 2.29. The zero-order valence-electron chi connectivity index (χ0n) is 20.4. The van der Waals surface area contributed by atoms with E-state index in [0.717, 1.165) is 0 Å². The molecule has 1 aromatic heterocycles. The van der Waals surface area contributed by atoms with Crippen molar-refractivity contribution < 1.29 is 33.0 Å². The molecule has 194 valence electrons. The largest absolute Gasteiger partial charge is 0.480 e. The second-order valence-corrected chi connectivity index (χ2v) is 9.67. The van der Waals surface area contributed by atoms with E-state index in [1.165, 1.54) is 15.9 Å². The number of carboxylic acids is 1. The Kier molecular flexibility index (Phi) is 6.45. The summed E-state index contributed by atoms with van der Waals surface area (Å²) in [5, 5.41) is 12.8. The number of ether oxygens (including phenoxy) is 1. The van der Waals surface area contributed by atoms with Crippen LogP contribution in [-0.2, 0) is 27.4 Å². The predicted molar refractivity (Wildman–Crippen MR) is 130 cm³/mol. The van der Waals surface area contributed by atoms with E-state index in [0.29, 0.717) is 22.2 Å². The lowest BCUT2D eigenvalue weighted by atomic mass is 10.0. The van der Waals surface area contributed by atoms with Gasteiger partial charge in [-0.15, -0.1) is 0 Å². The van der Waals surface area contributed by atoms with Gasteiger partial charge in [0.25, 0.3) is 6.01 Å². The molecule has 3 aromatic rings. The summed E-state index contributed by atoms with van der Waals surface area (Å²) < 4.78 is 25.3. The molecule has 2 amide bonds. The van der Waals surface area contributed by atoms with Crippen LogP contribution in [0.15, 0.2) is 46.9 Å². The van der Waals surface area contributed by atoms with Gasteiger partial charge in [0, 0.05) is 18.5 Å². The first-order valence-electron chi connectivity index (χ1n) is 12.1. The number of fused-ring (bicyclic) bond motifs is 2. The summed E-state index contributed by atoms with van der Waals surface area (Å²) in [4.78, 5) is 45.3. The van der Waals surface area contributed by atoms with Gasteiger partial charge in [-0.3, -0.25) is 9.69 Å². The number of anilines is 1. The zero-order chi connectivity index (χ0) is 26.3. The molecule has 0 bridgehead atoms. The minimum absolute atomic E-state index is 0.0460. The third-order valence-corrected chi connectivity index (χ3v) is 6.79. The molecule has 1 saturated heterocycles. The van der Waals surface area contributed by atoms with Gasteiger partial charge in [0.1, 0.15) is 29.5 Å². The van der Waals surface area contributed by atoms with Crippen LogP contribution in [0.25, 0.3) is 11.1 Å². The van der Waals surface area contributed by atoms with Crippen molar-refractivity contribution in [2.45, 2.75) is 51.5 Å². The first kappa shape index (κ1) is 24.5. The molecule has 10 nitrogen and oxygen atoms in total. The van der Waals surface area contributed by atoms with Crippen LogP contribution in [0.4, 0.5) is 15.2 Å². The summed E-state index contributed by atoms with van der Waals surface area (Å²) >= 11 is 0. The van der Waals surface area contributed by atoms with Gasteiger partial charge in [-0.2, -0.15) is 4.98 Å². The number of aromatic nitrogens is 1. The van der Waals surface area contributed by atoms with E-state index in [1.807, 2.05) is 26.0 Å². The summed E-state index contributed by atoms with van der Waals surface area (Å²) in [6.07, 6.45) is -1.54. The van der Waals surface area contributed by atoms with Gasteiger partial charge in [0.15, 0.2) is 5.58 Å². The number of nitrogens with zero attached hydrogens (tertiary/aromatic N) is 3. The highest BCUT2D eigenvalue weighted by Gasteiger charge is 2.44. The Morgan fingerprint density at radius 3 is 2.65 bits per heavy atom. The Bertz CT molecular complexity index is 1320. The molecular formula is C26H27FN4O6. The Morgan fingerprint density at radius 2 is 1.95 bits per heavy atom. The molecule has 2 aliphatic heterocycles. The quantitative estimate of drug-likeness (QED) is 0.515. The number of oxazole rings is 1. The Hall–Kier alpha value is -4.15. The van der Waals surface area contributed by atoms with Crippen LogP contribution in [0.5, 0.6) is 0 Å². The SMILES string of the molecule is CC(C)[C@H](Nc1nc2ccccc2o1)C(=O)N1CC(OC(=O)N2Cc3cccc(F)c3C2)C[C@H]1C(=O)O. The normalized spacial score (nSPS) is 19.8. The lowest BCUT2D eigenvalue weighted by Gasteiger charge is -2.28. The number of nitrogens with one attached hydrogen (secondary N) is 1. The predicted octanol–water partition coefficient (Wildman–Crippen LogP) is 3.61. The monoisotopic (exact) mass is 510 g/mol. The van der Waals surface area contributed by atoms with Crippen molar-refractivity contribution in [3.63, 3.8) is 0 Å². The van der Waals surface area contributed by atoms with Gasteiger partial charge in [-0.1, -0.05) is 38.1 Å². The van der Waals surface area contributed by atoms with Crippen LogP contribution in [0, 0.1) is 11.7 Å². The van der Waals surface area contributed by atoms with Gasteiger partial charge in [-0.25, -0.2) is 14.0 Å². The number of aliphatic carboxylic acids is 1. The van der Waals surface area contributed by atoms with Crippen molar-refractivity contribution in [3.8, 4) is 0 Å². The number of rotatable bonds is 6. The third-order valence-electron chi connectivity index (χ3n) is 6.79. The van der Waals surface area contributed by atoms with E-state index in [-0.39, 0.29) is 43.8 Å². The molecule has 2 aliphatic rings. The minimum atomic E-state index is -1.19. The van der Waals surface area contributed by atoms with Crippen LogP contribution in [0.1, 0.15) is 31.4 Å². The van der Waals surface area contributed by atoms with E-state index in [1.54, 1.807) is 24.3 Å². The smallest absolute Gasteiger partial charge is 0.410 e. The van der Waals surface area contributed by atoms with Crippen molar-refractivity contribution in [1.29, 1.82) is 0 Å². The zero-order valence-corrected chi connectivity index (χ0v) is 20.4. The van der Waals surface area contributed by atoms with Crippen molar-refractivity contribution in [2.24, 2.45) is 5.92 Å². The van der Waals surface area contributed by atoms with E-state index < -0.39 is 36.2 Å². The molecule has 1 unspecified atom stereocenters. The third kappa shape index (κ3) is 4.81. The van der Waals surface area contributed by atoms with Crippen LogP contribution in [0.2, 0.25) is 0 Å². The number of likely N-dealkylation sites (tertiary alicyclic amines) is 1. The fourth-order valence-electron chi connectivity index (χ4n) is 4.85. The molecule has 0 radical (unpaired) electrons. The molecule has 0 spiro atoms. The first-order chi connectivity index (χ1) is 17.7. The standard InChI is InChI=1S/C26H27FN4O6/c1-14(2)22(29-25-28-19-8-3-4-9-21(19)37-25)23(32)31-12-16(10-20(31)24(33)34)36-26(35)30-11-15-6-5-7-18(27)17(15)13-30/h3-9,14,16,20,22H,10-13H2,1-2H3,(H,28,29)(H,33,34)/t16?,20-,22-/m0/s1. The number of halogens is 1. The van der Waals surface area contributed by atoms with E-state index >= 15 is 0 Å². The van der Waals surface area contributed by atoms with Crippen LogP contribution < -0.4 is 5.32 Å². The number of carboxylic acid groups (broad SMARTS) is 1. The minimum Gasteiger partial charge on any atom is -0.480 e. The average Bonchev–Trinajstić information content (AvgIpc) is 3.58. The number of benzene rings is 2. The fourth-order valence-corrected chi connectivity index (χ4v) is 4.85. The van der Waals surface area contributed by atoms with Crippen LogP contribution in [-0.4, -0.2) is 62.6 Å². The van der Waals surface area contributed by atoms with E-state index in [2.05, 4.69) is 10.3 Å². The van der Waals surface area contributed by atoms with E-state index in [9.17, 15) is 23.9 Å². The van der Waals surface area contributed by atoms with Crippen LogP contribution >= 0.6 is 0 Å². The number of para-hydroxylation sites is 2. The maximum absolute atomic E-state index is 14.1. The number of hydrogen-bond acceptors (Lipinski definition) is 7. The summed E-state index contributed by atoms with van der Waals surface area (Å²) in [7, 11) is 0. The van der Waals surface area contributed by atoms with Gasteiger partial charge in [0.2, 0.25) is 5.91 Å². The second kappa shape index (κ2) is 9.72. The average molecular weight is 511 g/mol. The van der Waals surface area contributed by atoms with Crippen molar-refractivity contribution in [2.75, 3.05) is 11.9 Å². The molecule has 3 atom stereocenters. The summed E-state index contributed by atoms with van der Waals surface area (Å²) in [5.74, 6) is -2.26. The second-order valence-electron chi connectivity index (χ2n) is 9.67. The van der Waals surface area contributed by atoms with Crippen molar-refractivity contribution in [1.82, 2.24) is 14.8 Å². The van der Waals surface area contributed by atoms with Crippen LogP contribution in [0.3, 0.4) is 0 Å². The Labute approximate surface area is 212 Å². The number of hydrogen-bond donors (Lipinski definition) is 2. The van der Waals surface area contributed by atoms with Crippen molar-refractivity contribution in [3.05, 3.63) is 59.4 Å². The lowest BCUT2D eigenvalue weighted by molar-refractivity contribution is -0.148. The fraction of sp³-hybridized carbons (Fsp3) is 0.385. The molecule has 11 heteroatoms. The number of carbonyl (C=O) groups excluding carboxylic acids is 2. The maximum atomic E-state index is 14.1. The molecule has 0 aliphatic carbocycles. The molecule has 5 rings (SSSR count). The molecule has 0 saturated carbocycles. The molecule has 1 fully saturated rings. The van der Waals surface area contributed by atoms with Gasteiger partial charge >= 0.3 is 12.1 Å². The topological polar surface area (TPSA) is 125 Å². The highest BCUT2D eigenvalue weighted by molar-refractivity contribution is 5.90. The highest BCUT2D eigenvalue weighted by atomic mass is 19.1. The summed E-state index contributed by atoms with van der Waals surface area (Å²) in [6, 6.07) is 10.0. The lowest BCUT2D eigenvalue weighted by Crippen LogP contribution is -2.50. The molecule has 2 aromatic carbocycles. The summed E-state index contributed by atoms with van der Waals surface area (Å²) in [6.45, 7) is 3.85. The van der Waals surface area contributed by atoms with Gasteiger partial charge in [-0.05, 0) is 29.7 Å². The Morgan fingerprint density at radius 1 is 1.16 bits per heavy atom. The molecule has 37 heavy (non-hydrogen) atoms. The summed E-state index contributed by atoms with van der Waals surface area (Å²) in [5.41, 5.74) is 2.32. The van der Waals surface area contributed by atoms with Gasteiger partial charge < -0.3 is 24.5 Å². The number of carbonyl (C=O) groups is 3. The molecule has 2 N–H and O–H groups in total. The van der Waals surface area contributed by atoms with E-state index in [4.69, 9.17) is 9.15 Å². The van der Waals surface area contributed by atoms with Gasteiger partial charge in [0.05, 0.1) is 13.1 Å². The maximum Gasteiger partial charge on any atom is 0.410 e. The van der Waals surface area contributed by atoms with Crippen molar-refractivity contribution >= 4 is 35.1 Å².